The molecule has 0 saturated carbocycles. The van der Waals surface area contributed by atoms with Crippen LogP contribution in [0.15, 0.2) is 12.4 Å². The first kappa shape index (κ1) is 14.3. The van der Waals surface area contributed by atoms with Crippen LogP contribution in [0.1, 0.15) is 30.1 Å². The Morgan fingerprint density at radius 3 is 2.85 bits per heavy atom. The number of aryl methyl sites for hydroxylation is 1. The van der Waals surface area contributed by atoms with E-state index in [2.05, 4.69) is 15.4 Å². The van der Waals surface area contributed by atoms with Crippen LogP contribution >= 0.6 is 0 Å². The van der Waals surface area contributed by atoms with E-state index in [1.165, 1.54) is 6.20 Å². The summed E-state index contributed by atoms with van der Waals surface area (Å²) in [4.78, 5) is 15.5. The number of fused-ring (bicyclic) bond motifs is 1. The Hall–Kier alpha value is -2.15. The molecule has 0 amide bonds. The second-order valence-electron chi connectivity index (χ2n) is 4.62. The first-order chi connectivity index (χ1) is 9.58. The number of anilines is 1. The largest absolute Gasteiger partial charge is 0.478 e. The first-order valence-corrected chi connectivity index (χ1v) is 6.49. The Kier molecular flexibility index (Phi) is 4.19. The molecule has 1 unspecified atom stereocenters. The smallest absolute Gasteiger partial charge is 0.339 e. The maximum atomic E-state index is 11.3. The van der Waals surface area contributed by atoms with Gasteiger partial charge in [0.25, 0.3) is 0 Å². The molecule has 0 aromatic carbocycles. The van der Waals surface area contributed by atoms with Gasteiger partial charge < -0.3 is 15.5 Å². The van der Waals surface area contributed by atoms with E-state index in [9.17, 15) is 9.90 Å². The van der Waals surface area contributed by atoms with Crippen molar-refractivity contribution in [1.82, 2.24) is 14.8 Å². The highest BCUT2D eigenvalue weighted by Crippen LogP contribution is 2.27. The monoisotopic (exact) mass is 278 g/mol. The predicted octanol–water partition coefficient (Wildman–Crippen LogP) is 1.24. The SMILES string of the molecule is CCC(CCO)Nc1c(C(=O)O)cnc2c1cnn2C. The summed E-state index contributed by atoms with van der Waals surface area (Å²) >= 11 is 0. The first-order valence-electron chi connectivity index (χ1n) is 6.49. The molecule has 2 aromatic rings. The number of nitrogens with zero attached hydrogens (tertiary/aromatic N) is 3. The normalized spacial score (nSPS) is 12.6. The van der Waals surface area contributed by atoms with E-state index in [4.69, 9.17) is 5.11 Å². The van der Waals surface area contributed by atoms with Crippen molar-refractivity contribution in [2.75, 3.05) is 11.9 Å². The predicted molar refractivity (Wildman–Crippen MR) is 74.9 cm³/mol. The van der Waals surface area contributed by atoms with E-state index in [1.54, 1.807) is 17.9 Å². The third-order valence-electron chi connectivity index (χ3n) is 3.31. The number of aliphatic hydroxyl groups excluding tert-OH is 1. The van der Waals surface area contributed by atoms with Gasteiger partial charge in [-0.2, -0.15) is 5.10 Å². The lowest BCUT2D eigenvalue weighted by atomic mass is 10.1. The van der Waals surface area contributed by atoms with E-state index in [0.717, 1.165) is 6.42 Å². The fourth-order valence-corrected chi connectivity index (χ4v) is 2.15. The minimum atomic E-state index is -1.04. The van der Waals surface area contributed by atoms with Crippen LogP contribution in [0.5, 0.6) is 0 Å². The van der Waals surface area contributed by atoms with Crippen molar-refractivity contribution in [3.8, 4) is 0 Å². The maximum Gasteiger partial charge on any atom is 0.339 e. The molecule has 2 rings (SSSR count). The molecule has 0 spiro atoms. The highest BCUT2D eigenvalue weighted by molar-refractivity contribution is 6.03. The van der Waals surface area contributed by atoms with Crippen LogP contribution in [0.25, 0.3) is 11.0 Å². The molecule has 0 aliphatic heterocycles. The molecular formula is C13H18N4O3. The number of hydrogen-bond acceptors (Lipinski definition) is 5. The van der Waals surface area contributed by atoms with Crippen LogP contribution in [-0.2, 0) is 7.05 Å². The van der Waals surface area contributed by atoms with Crippen LogP contribution in [-0.4, -0.2) is 43.6 Å². The maximum absolute atomic E-state index is 11.3. The quantitative estimate of drug-likeness (QED) is 0.735. The minimum absolute atomic E-state index is 0.00362. The van der Waals surface area contributed by atoms with Crippen molar-refractivity contribution in [2.24, 2.45) is 7.05 Å². The highest BCUT2D eigenvalue weighted by Gasteiger charge is 2.19. The van der Waals surface area contributed by atoms with Crippen molar-refractivity contribution in [2.45, 2.75) is 25.8 Å². The number of aliphatic hydroxyl groups is 1. The second kappa shape index (κ2) is 5.87. The number of rotatable bonds is 6. The van der Waals surface area contributed by atoms with Gasteiger partial charge in [0.05, 0.1) is 17.3 Å². The molecule has 20 heavy (non-hydrogen) atoms. The Labute approximate surface area is 116 Å². The van der Waals surface area contributed by atoms with Crippen molar-refractivity contribution in [3.63, 3.8) is 0 Å². The van der Waals surface area contributed by atoms with Gasteiger partial charge >= 0.3 is 5.97 Å². The molecule has 0 bridgehead atoms. The van der Waals surface area contributed by atoms with Gasteiger partial charge in [0.15, 0.2) is 5.65 Å². The zero-order chi connectivity index (χ0) is 14.7. The second-order valence-corrected chi connectivity index (χ2v) is 4.62. The molecule has 7 heteroatoms. The average molecular weight is 278 g/mol. The number of aromatic nitrogens is 3. The van der Waals surface area contributed by atoms with Gasteiger partial charge in [-0.1, -0.05) is 6.92 Å². The number of hydrogen-bond donors (Lipinski definition) is 3. The Morgan fingerprint density at radius 2 is 2.25 bits per heavy atom. The van der Waals surface area contributed by atoms with Crippen molar-refractivity contribution in [3.05, 3.63) is 18.0 Å². The third-order valence-corrected chi connectivity index (χ3v) is 3.31. The summed E-state index contributed by atoms with van der Waals surface area (Å²) in [5.41, 5.74) is 1.24. The summed E-state index contributed by atoms with van der Waals surface area (Å²) < 4.78 is 1.60. The zero-order valence-electron chi connectivity index (χ0n) is 11.5. The van der Waals surface area contributed by atoms with Gasteiger partial charge in [0.2, 0.25) is 0 Å². The number of nitrogens with one attached hydrogen (secondary N) is 1. The molecular weight excluding hydrogens is 260 g/mol. The lowest BCUT2D eigenvalue weighted by Gasteiger charge is -2.19. The molecule has 2 heterocycles. The molecule has 2 aromatic heterocycles. The fraction of sp³-hybridized carbons (Fsp3) is 0.462. The molecule has 0 fully saturated rings. The molecule has 0 aliphatic carbocycles. The molecule has 3 N–H and O–H groups in total. The summed E-state index contributed by atoms with van der Waals surface area (Å²) in [5.74, 6) is -1.04. The van der Waals surface area contributed by atoms with E-state index in [0.29, 0.717) is 23.1 Å². The lowest BCUT2D eigenvalue weighted by molar-refractivity contribution is 0.0697. The molecule has 0 aliphatic rings. The summed E-state index contributed by atoms with van der Waals surface area (Å²) in [6.07, 6.45) is 4.27. The van der Waals surface area contributed by atoms with Crippen molar-refractivity contribution in [1.29, 1.82) is 0 Å². The molecule has 108 valence electrons. The topological polar surface area (TPSA) is 100 Å². The van der Waals surface area contributed by atoms with Gasteiger partial charge in [0.1, 0.15) is 5.56 Å². The molecule has 7 nitrogen and oxygen atoms in total. The van der Waals surface area contributed by atoms with Gasteiger partial charge in [-0.25, -0.2) is 9.78 Å². The summed E-state index contributed by atoms with van der Waals surface area (Å²) in [5, 5.41) is 26.3. The number of pyridine rings is 1. The Bertz CT molecular complexity index is 623. The zero-order valence-corrected chi connectivity index (χ0v) is 11.5. The average Bonchev–Trinajstić information content (AvgIpc) is 2.80. The molecule has 0 radical (unpaired) electrons. The van der Waals surface area contributed by atoms with Gasteiger partial charge in [-0.05, 0) is 12.8 Å². The molecule has 0 saturated heterocycles. The van der Waals surface area contributed by atoms with E-state index in [-0.39, 0.29) is 18.2 Å². The summed E-state index contributed by atoms with van der Waals surface area (Å²) in [6, 6.07) is 0.00362. The molecule has 1 atom stereocenters. The minimum Gasteiger partial charge on any atom is -0.478 e. The highest BCUT2D eigenvalue weighted by atomic mass is 16.4. The Morgan fingerprint density at radius 1 is 1.50 bits per heavy atom. The van der Waals surface area contributed by atoms with Crippen LogP contribution in [0.4, 0.5) is 5.69 Å². The lowest BCUT2D eigenvalue weighted by Crippen LogP contribution is -2.21. The van der Waals surface area contributed by atoms with Gasteiger partial charge in [-0.15, -0.1) is 0 Å². The fourth-order valence-electron chi connectivity index (χ4n) is 2.15. The number of aromatic carboxylic acids is 1. The van der Waals surface area contributed by atoms with Crippen LogP contribution in [0, 0.1) is 0 Å². The van der Waals surface area contributed by atoms with Gasteiger partial charge in [0, 0.05) is 25.9 Å². The number of carboxylic acids is 1. The summed E-state index contributed by atoms with van der Waals surface area (Å²) in [6.45, 7) is 2.03. The number of carbonyl (C=O) groups is 1. The van der Waals surface area contributed by atoms with E-state index >= 15 is 0 Å². The van der Waals surface area contributed by atoms with E-state index in [1.807, 2.05) is 6.92 Å². The number of carboxylic acid groups (broad SMARTS) is 1. The van der Waals surface area contributed by atoms with Crippen LogP contribution < -0.4 is 5.32 Å². The van der Waals surface area contributed by atoms with Gasteiger partial charge in [-0.3, -0.25) is 4.68 Å². The Balaban J connectivity index is 2.51. The van der Waals surface area contributed by atoms with Crippen molar-refractivity contribution >= 4 is 22.7 Å². The van der Waals surface area contributed by atoms with E-state index < -0.39 is 5.97 Å². The van der Waals surface area contributed by atoms with Crippen LogP contribution in [0.3, 0.4) is 0 Å². The van der Waals surface area contributed by atoms with Crippen molar-refractivity contribution < 1.29 is 15.0 Å². The third kappa shape index (κ3) is 2.57. The standard InChI is InChI=1S/C13H18N4O3/c1-3-8(4-5-18)16-11-9-7-15-17(2)12(9)14-6-10(11)13(19)20/h6-8,18H,3-5H2,1-2H3,(H,14,16)(H,19,20). The van der Waals surface area contributed by atoms with Crippen LogP contribution in [0.2, 0.25) is 0 Å². The summed E-state index contributed by atoms with van der Waals surface area (Å²) in [7, 11) is 1.75.